The van der Waals surface area contributed by atoms with Gasteiger partial charge in [0, 0.05) is 0 Å². The van der Waals surface area contributed by atoms with Gasteiger partial charge in [0.2, 0.25) is 0 Å². The quantitative estimate of drug-likeness (QED) is 0.314. The van der Waals surface area contributed by atoms with Crippen LogP contribution in [0.1, 0.15) is 212 Å². The largest absolute Gasteiger partial charge is 0.0533 e. The lowest BCUT2D eigenvalue weighted by Crippen LogP contribution is -1.85. The van der Waals surface area contributed by atoms with Crippen LogP contribution in [-0.4, -0.2) is 0 Å². The first-order chi connectivity index (χ1) is 16.5. The molecule has 6 rings (SSSR count). The summed E-state index contributed by atoms with van der Waals surface area (Å²) >= 11 is 0. The Balaban J connectivity index is 0.000000203. The van der Waals surface area contributed by atoms with Crippen molar-refractivity contribution < 1.29 is 0 Å². The molecule has 0 aromatic rings. The molecule has 0 aromatic carbocycles. The highest BCUT2D eigenvalue weighted by Crippen LogP contribution is 2.17. The normalized spacial score (nSPS) is 24.0. The first-order valence-electron chi connectivity index (χ1n) is 16.5. The van der Waals surface area contributed by atoms with Crippen LogP contribution in [0.2, 0.25) is 0 Å². The Hall–Kier alpha value is 0. The highest BCUT2D eigenvalue weighted by atomic mass is 14.0. The molecule has 0 atom stereocenters. The Morgan fingerprint density at radius 3 is 0.121 bits per heavy atom. The van der Waals surface area contributed by atoms with Crippen molar-refractivity contribution in [3.8, 4) is 0 Å². The van der Waals surface area contributed by atoms with E-state index in [4.69, 9.17) is 0 Å². The zero-order chi connectivity index (χ0) is 23.3. The molecule has 0 aromatic heterocycles. The molecule has 0 heterocycles. The molecule has 6 fully saturated rings. The molecular weight excluding hydrogens is 396 g/mol. The van der Waals surface area contributed by atoms with Crippen molar-refractivity contribution in [2.45, 2.75) is 212 Å². The molecule has 198 valence electrons. The Bertz CT molecular complexity index is 249. The SMILES string of the molecule is C1CC1.C1CCC1.C1CCCC1.C1CCCCC1.C1CCCCCC1.C1CCCCCCC1. The fraction of sp³-hybridized carbons (Fsp3) is 1.00. The van der Waals surface area contributed by atoms with Crippen LogP contribution in [0.15, 0.2) is 0 Å². The van der Waals surface area contributed by atoms with Crippen LogP contribution in [-0.2, 0) is 0 Å². The standard InChI is InChI=1S/C8H16.C7H14.C6H12.C5H10.C4H8.C3H6/c1-2-4-6-8-7-5-3-1;1-2-4-6-7-5-3-1;1-2-4-6-5-3-1;1-2-4-5-3-1;1-2-4-3-1;1-2-3-1/h1-8H2;1-7H2;1-6H2;1-5H2;1-4H2;1-3H2. The van der Waals surface area contributed by atoms with Gasteiger partial charge in [-0.3, -0.25) is 0 Å². The minimum atomic E-state index is 1.50. The third-order valence-electron chi connectivity index (χ3n) is 7.85. The summed E-state index contributed by atoms with van der Waals surface area (Å²) in [6, 6.07) is 0. The van der Waals surface area contributed by atoms with Crippen molar-refractivity contribution in [3.63, 3.8) is 0 Å². The molecule has 0 spiro atoms. The van der Waals surface area contributed by atoms with E-state index in [1.54, 1.807) is 0 Å². The fourth-order valence-electron chi connectivity index (χ4n) is 4.85. The van der Waals surface area contributed by atoms with Crippen LogP contribution >= 0.6 is 0 Å². The summed E-state index contributed by atoms with van der Waals surface area (Å²) in [7, 11) is 0. The van der Waals surface area contributed by atoms with Gasteiger partial charge in [-0.05, 0) is 0 Å². The van der Waals surface area contributed by atoms with Crippen LogP contribution < -0.4 is 0 Å². The molecule has 0 nitrogen and oxygen atoms in total. The van der Waals surface area contributed by atoms with Gasteiger partial charge in [-0.25, -0.2) is 0 Å². The number of rotatable bonds is 0. The van der Waals surface area contributed by atoms with E-state index in [0.717, 1.165) is 0 Å². The topological polar surface area (TPSA) is 0 Å². The molecule has 6 saturated carbocycles. The predicted octanol–water partition coefficient (Wildman–Crippen LogP) is 12.9. The third-order valence-corrected chi connectivity index (χ3v) is 7.85. The van der Waals surface area contributed by atoms with Crippen molar-refractivity contribution in [1.29, 1.82) is 0 Å². The van der Waals surface area contributed by atoms with Gasteiger partial charge < -0.3 is 0 Å². The molecule has 6 aliphatic carbocycles. The van der Waals surface area contributed by atoms with Gasteiger partial charge >= 0.3 is 0 Å². The number of hydrogen-bond donors (Lipinski definition) is 0. The average molecular weight is 463 g/mol. The van der Waals surface area contributed by atoms with Gasteiger partial charge in [0.05, 0.1) is 0 Å². The first-order valence-corrected chi connectivity index (χ1v) is 16.5. The highest BCUT2D eigenvalue weighted by Gasteiger charge is 1.98. The number of hydrogen-bond acceptors (Lipinski definition) is 0. The van der Waals surface area contributed by atoms with Crippen LogP contribution in [0.3, 0.4) is 0 Å². The van der Waals surface area contributed by atoms with Crippen LogP contribution in [0.4, 0.5) is 0 Å². The van der Waals surface area contributed by atoms with Gasteiger partial charge in [0.25, 0.3) is 0 Å². The molecule has 0 radical (unpaired) electrons. The summed E-state index contributed by atoms with van der Waals surface area (Å²) < 4.78 is 0. The van der Waals surface area contributed by atoms with Crippen molar-refractivity contribution in [2.24, 2.45) is 0 Å². The molecule has 6 aliphatic rings. The minimum absolute atomic E-state index is 1.50. The van der Waals surface area contributed by atoms with Gasteiger partial charge in [0.15, 0.2) is 0 Å². The molecule has 0 saturated heterocycles. The van der Waals surface area contributed by atoms with E-state index >= 15 is 0 Å². The zero-order valence-electron chi connectivity index (χ0n) is 23.3. The van der Waals surface area contributed by atoms with E-state index < -0.39 is 0 Å². The van der Waals surface area contributed by atoms with E-state index in [1.165, 1.54) is 212 Å². The van der Waals surface area contributed by atoms with E-state index in [9.17, 15) is 0 Å². The Morgan fingerprint density at radius 1 is 0.0606 bits per heavy atom. The molecule has 0 N–H and O–H groups in total. The first kappa shape index (κ1) is 31.0. The average Bonchev–Trinajstić information content (AvgIpc) is 3.62. The maximum Gasteiger partial charge on any atom is -0.0533 e. The van der Waals surface area contributed by atoms with E-state index in [-0.39, 0.29) is 0 Å². The smallest absolute Gasteiger partial charge is 0.0533 e. The monoisotopic (exact) mass is 463 g/mol. The summed E-state index contributed by atoms with van der Waals surface area (Å²) in [4.78, 5) is 0. The second kappa shape index (κ2) is 28.2. The second-order valence-corrected chi connectivity index (χ2v) is 11.7. The predicted molar refractivity (Wildman–Crippen MR) is 152 cm³/mol. The Kier molecular flexibility index (Phi) is 26.6. The van der Waals surface area contributed by atoms with Gasteiger partial charge in [0.1, 0.15) is 0 Å². The summed E-state index contributed by atoms with van der Waals surface area (Å²) in [6.07, 6.45) is 49.5. The van der Waals surface area contributed by atoms with Crippen LogP contribution in [0, 0.1) is 0 Å². The summed E-state index contributed by atoms with van der Waals surface area (Å²) in [5, 5.41) is 0. The fourth-order valence-corrected chi connectivity index (χ4v) is 4.85. The molecule has 0 amide bonds. The molecule has 0 bridgehead atoms. The van der Waals surface area contributed by atoms with Crippen molar-refractivity contribution in [2.75, 3.05) is 0 Å². The summed E-state index contributed by atoms with van der Waals surface area (Å²) in [6.45, 7) is 0. The lowest BCUT2D eigenvalue weighted by Gasteiger charge is -2.05. The molecule has 33 heavy (non-hydrogen) atoms. The molecular formula is C33H66. The van der Waals surface area contributed by atoms with Crippen molar-refractivity contribution in [1.82, 2.24) is 0 Å². The van der Waals surface area contributed by atoms with E-state index in [1.807, 2.05) is 0 Å². The lowest BCUT2D eigenvalue weighted by molar-refractivity contribution is 0.504. The third kappa shape index (κ3) is 30.0. The van der Waals surface area contributed by atoms with Crippen LogP contribution in [0.25, 0.3) is 0 Å². The lowest BCUT2D eigenvalue weighted by atomic mass is 10.0. The Morgan fingerprint density at radius 2 is 0.0909 bits per heavy atom. The van der Waals surface area contributed by atoms with E-state index in [2.05, 4.69) is 0 Å². The second-order valence-electron chi connectivity index (χ2n) is 11.7. The molecule has 0 unspecified atom stereocenters. The van der Waals surface area contributed by atoms with Gasteiger partial charge in [-0.15, -0.1) is 0 Å². The summed E-state index contributed by atoms with van der Waals surface area (Å²) in [5.41, 5.74) is 0. The van der Waals surface area contributed by atoms with Crippen molar-refractivity contribution >= 4 is 0 Å². The zero-order valence-corrected chi connectivity index (χ0v) is 23.3. The van der Waals surface area contributed by atoms with Crippen molar-refractivity contribution in [3.05, 3.63) is 0 Å². The molecule has 0 heteroatoms. The van der Waals surface area contributed by atoms with Gasteiger partial charge in [-0.2, -0.15) is 0 Å². The minimum Gasteiger partial charge on any atom is -0.0533 e. The maximum atomic E-state index is 1.50. The highest BCUT2D eigenvalue weighted by molar-refractivity contribution is 4.53. The Labute approximate surface area is 211 Å². The van der Waals surface area contributed by atoms with Crippen LogP contribution in [0.5, 0.6) is 0 Å². The van der Waals surface area contributed by atoms with Gasteiger partial charge in [-0.1, -0.05) is 212 Å². The molecule has 0 aliphatic heterocycles. The summed E-state index contributed by atoms with van der Waals surface area (Å²) in [5.74, 6) is 0. The maximum absolute atomic E-state index is 1.50. The van der Waals surface area contributed by atoms with E-state index in [0.29, 0.717) is 0 Å².